The third-order valence-electron chi connectivity index (χ3n) is 6.26. The lowest BCUT2D eigenvalue weighted by molar-refractivity contribution is -0.121. The van der Waals surface area contributed by atoms with Crippen LogP contribution in [-0.2, 0) is 9.53 Å². The number of hydrogen-bond donors (Lipinski definition) is 2. The number of aromatic carboxylic acids is 1. The normalized spacial score (nSPS) is 28.8. The molecule has 2 aliphatic carbocycles. The maximum absolute atomic E-state index is 12.2. The molecule has 158 valence electrons. The highest BCUT2D eigenvalue weighted by Gasteiger charge is 2.44. The predicted molar refractivity (Wildman–Crippen MR) is 112 cm³/mol. The summed E-state index contributed by atoms with van der Waals surface area (Å²) in [6.07, 6.45) is 6.32. The Kier molecular flexibility index (Phi) is 6.29. The molecule has 0 radical (unpaired) electrons. The molecule has 29 heavy (non-hydrogen) atoms. The predicted octanol–water partition coefficient (Wildman–Crippen LogP) is 2.27. The fourth-order valence-corrected chi connectivity index (χ4v) is 4.92. The Morgan fingerprint density at radius 3 is 2.72 bits per heavy atom. The molecular weight excluding hydrogens is 390 g/mol. The van der Waals surface area contributed by atoms with E-state index in [0.717, 1.165) is 38.4 Å². The van der Waals surface area contributed by atoms with Crippen molar-refractivity contribution in [1.29, 1.82) is 0 Å². The molecule has 3 fully saturated rings. The molecule has 4 atom stereocenters. The Balaban J connectivity index is 1.44. The van der Waals surface area contributed by atoms with Gasteiger partial charge in [-0.05, 0) is 61.8 Å². The van der Waals surface area contributed by atoms with Crippen molar-refractivity contribution in [2.24, 2.45) is 17.8 Å². The van der Waals surface area contributed by atoms with E-state index in [9.17, 15) is 14.7 Å². The summed E-state index contributed by atoms with van der Waals surface area (Å²) in [6.45, 7) is 2.49. The number of carbonyl (C=O) groups is 2. The number of carbonyl (C=O) groups excluding carboxylic acids is 1. The average Bonchev–Trinajstić information content (AvgIpc) is 3.44. The molecule has 0 aromatic carbocycles. The van der Waals surface area contributed by atoms with E-state index in [-0.39, 0.29) is 23.7 Å². The first-order valence-corrected chi connectivity index (χ1v) is 11.8. The van der Waals surface area contributed by atoms with Gasteiger partial charge in [-0.1, -0.05) is 6.07 Å². The van der Waals surface area contributed by atoms with Crippen LogP contribution >= 0.6 is 11.8 Å². The summed E-state index contributed by atoms with van der Waals surface area (Å²) in [5, 5.41) is 12.4. The smallest absolute Gasteiger partial charge is 0.354 e. The van der Waals surface area contributed by atoms with E-state index in [0.29, 0.717) is 23.5 Å². The summed E-state index contributed by atoms with van der Waals surface area (Å²) in [4.78, 5) is 30.0. The van der Waals surface area contributed by atoms with Gasteiger partial charge in [0.05, 0.1) is 17.9 Å². The Labute approximate surface area is 175 Å². The van der Waals surface area contributed by atoms with Crippen molar-refractivity contribution < 1.29 is 19.4 Å². The molecule has 1 saturated heterocycles. The molecule has 3 aliphatic rings. The third kappa shape index (κ3) is 5.04. The van der Waals surface area contributed by atoms with Gasteiger partial charge in [0.2, 0.25) is 5.91 Å². The van der Waals surface area contributed by atoms with Gasteiger partial charge in [0.1, 0.15) is 5.82 Å². The highest BCUT2D eigenvalue weighted by molar-refractivity contribution is 7.99. The molecule has 8 heteroatoms. The number of thioether (sulfide) groups is 1. The zero-order chi connectivity index (χ0) is 20.4. The van der Waals surface area contributed by atoms with Crippen LogP contribution in [0.2, 0.25) is 0 Å². The maximum atomic E-state index is 12.2. The minimum Gasteiger partial charge on any atom is -0.477 e. The van der Waals surface area contributed by atoms with Crippen LogP contribution < -0.4 is 10.2 Å². The number of rotatable bonds is 8. The van der Waals surface area contributed by atoms with Gasteiger partial charge in [-0.3, -0.25) is 4.79 Å². The molecule has 0 unspecified atom stereocenters. The van der Waals surface area contributed by atoms with Crippen LogP contribution in [-0.4, -0.2) is 65.8 Å². The van der Waals surface area contributed by atoms with Crippen LogP contribution in [0.1, 0.15) is 36.2 Å². The zero-order valence-electron chi connectivity index (χ0n) is 16.8. The van der Waals surface area contributed by atoms with E-state index in [1.165, 1.54) is 30.7 Å². The number of fused-ring (bicyclic) bond motifs is 1. The van der Waals surface area contributed by atoms with Gasteiger partial charge in [0.25, 0.3) is 0 Å². The fourth-order valence-electron chi connectivity index (χ4n) is 4.58. The number of carboxylic acid groups (broad SMARTS) is 1. The third-order valence-corrected chi connectivity index (χ3v) is 6.81. The van der Waals surface area contributed by atoms with E-state index in [1.807, 2.05) is 12.3 Å². The molecule has 4 rings (SSSR count). The number of amides is 1. The first-order valence-electron chi connectivity index (χ1n) is 10.4. The molecule has 0 bridgehead atoms. The summed E-state index contributed by atoms with van der Waals surface area (Å²) >= 11 is 1.53. The van der Waals surface area contributed by atoms with Crippen molar-refractivity contribution in [1.82, 2.24) is 10.3 Å². The number of hydrogen-bond acceptors (Lipinski definition) is 6. The summed E-state index contributed by atoms with van der Waals surface area (Å²) in [5.41, 5.74) is 0.0743. The summed E-state index contributed by atoms with van der Waals surface area (Å²) < 4.78 is 6.26. The molecule has 1 aromatic rings. The minimum absolute atomic E-state index is 0.0490. The number of ether oxygens (including phenoxy) is 1. The van der Waals surface area contributed by atoms with Crippen LogP contribution in [0.25, 0.3) is 0 Å². The lowest BCUT2D eigenvalue weighted by atomic mass is 9.77. The van der Waals surface area contributed by atoms with Crippen molar-refractivity contribution >= 4 is 29.5 Å². The van der Waals surface area contributed by atoms with Crippen LogP contribution in [0.15, 0.2) is 18.2 Å². The second kappa shape index (κ2) is 8.92. The number of aromatic nitrogens is 1. The number of anilines is 1. The van der Waals surface area contributed by atoms with Crippen molar-refractivity contribution in [3.05, 3.63) is 23.9 Å². The Bertz CT molecular complexity index is 757. The topological polar surface area (TPSA) is 91.8 Å². The molecule has 0 spiro atoms. The van der Waals surface area contributed by atoms with Crippen molar-refractivity contribution in [3.8, 4) is 0 Å². The summed E-state index contributed by atoms with van der Waals surface area (Å²) in [5.74, 6) is 1.88. The van der Waals surface area contributed by atoms with Gasteiger partial charge >= 0.3 is 5.97 Å². The number of pyridine rings is 1. The molecule has 1 amide bonds. The van der Waals surface area contributed by atoms with Crippen molar-refractivity contribution in [3.63, 3.8) is 0 Å². The minimum atomic E-state index is -1.01. The molecule has 2 N–H and O–H groups in total. The molecule has 7 nitrogen and oxygen atoms in total. The fraction of sp³-hybridized carbons (Fsp3) is 0.667. The standard InChI is InChI=1S/C21H29N3O4S/c1-29-12-20(25)23-17-7-14-9-24(19-4-2-3-16(22-19)21(26)27)10-15(14)8-18(17)28-11-13-5-6-13/h2-4,13-15,17-18H,5-12H2,1H3,(H,23,25)(H,26,27)/t14-,15+,17-,18-/m0/s1. The summed E-state index contributed by atoms with van der Waals surface area (Å²) in [7, 11) is 0. The molecule has 1 aromatic heterocycles. The van der Waals surface area contributed by atoms with Crippen LogP contribution in [0.3, 0.4) is 0 Å². The van der Waals surface area contributed by atoms with Crippen molar-refractivity contribution in [2.45, 2.75) is 37.8 Å². The van der Waals surface area contributed by atoms with Gasteiger partial charge in [-0.15, -0.1) is 0 Å². The SMILES string of the molecule is CSCC(=O)N[C@H]1C[C@H]2CN(c3cccc(C(=O)O)n3)C[C@H]2C[C@@H]1OCC1CC1. The van der Waals surface area contributed by atoms with Crippen LogP contribution in [0.5, 0.6) is 0 Å². The van der Waals surface area contributed by atoms with E-state index in [1.54, 1.807) is 6.07 Å². The summed E-state index contributed by atoms with van der Waals surface area (Å²) in [6, 6.07) is 5.20. The number of nitrogens with one attached hydrogen (secondary N) is 1. The number of nitrogens with zero attached hydrogens (tertiary/aromatic N) is 2. The van der Waals surface area contributed by atoms with E-state index in [4.69, 9.17) is 4.74 Å². The largest absolute Gasteiger partial charge is 0.477 e. The second-order valence-corrected chi connectivity index (χ2v) is 9.37. The first-order chi connectivity index (χ1) is 14.0. The van der Waals surface area contributed by atoms with E-state index >= 15 is 0 Å². The molecule has 1 aliphatic heterocycles. The quantitative estimate of drug-likeness (QED) is 0.668. The lowest BCUT2D eigenvalue weighted by Crippen LogP contribution is -2.51. The van der Waals surface area contributed by atoms with Gasteiger partial charge < -0.3 is 20.1 Å². The Morgan fingerprint density at radius 2 is 2.03 bits per heavy atom. The number of carboxylic acids is 1. The zero-order valence-corrected chi connectivity index (χ0v) is 17.6. The maximum Gasteiger partial charge on any atom is 0.354 e. The Morgan fingerprint density at radius 1 is 1.28 bits per heavy atom. The lowest BCUT2D eigenvalue weighted by Gasteiger charge is -2.38. The van der Waals surface area contributed by atoms with Crippen LogP contribution in [0.4, 0.5) is 5.82 Å². The van der Waals surface area contributed by atoms with Gasteiger partial charge in [-0.25, -0.2) is 9.78 Å². The molecule has 2 saturated carbocycles. The average molecular weight is 420 g/mol. The Hall–Kier alpha value is -1.80. The first kappa shape index (κ1) is 20.5. The van der Waals surface area contributed by atoms with Gasteiger partial charge in [-0.2, -0.15) is 11.8 Å². The monoisotopic (exact) mass is 419 g/mol. The van der Waals surface area contributed by atoms with Crippen LogP contribution in [0, 0.1) is 17.8 Å². The van der Waals surface area contributed by atoms with E-state index in [2.05, 4.69) is 15.2 Å². The van der Waals surface area contributed by atoms with Gasteiger partial charge in [0, 0.05) is 19.7 Å². The molecular formula is C21H29N3O4S. The second-order valence-electron chi connectivity index (χ2n) is 8.50. The molecule has 2 heterocycles. The van der Waals surface area contributed by atoms with Gasteiger partial charge in [0.15, 0.2) is 5.69 Å². The van der Waals surface area contributed by atoms with E-state index < -0.39 is 5.97 Å². The highest BCUT2D eigenvalue weighted by atomic mass is 32.2. The van der Waals surface area contributed by atoms with Crippen molar-refractivity contribution in [2.75, 3.05) is 36.6 Å². The highest BCUT2D eigenvalue weighted by Crippen LogP contribution is 2.40.